The van der Waals surface area contributed by atoms with Crippen LogP contribution in [0.5, 0.6) is 0 Å². The second-order valence-corrected chi connectivity index (χ2v) is 3.69. The molecule has 1 atom stereocenters. The number of carbonyl (C=O) groups excluding carboxylic acids is 1. The predicted octanol–water partition coefficient (Wildman–Crippen LogP) is 0.771. The lowest BCUT2D eigenvalue weighted by Gasteiger charge is -2.24. The van der Waals surface area contributed by atoms with Crippen LogP contribution in [0.25, 0.3) is 0 Å². The number of nitrogens with zero attached hydrogens (tertiary/aromatic N) is 2. The quantitative estimate of drug-likeness (QED) is 0.818. The minimum Gasteiger partial charge on any atom is -0.384 e. The molecule has 2 N–H and O–H groups in total. The van der Waals surface area contributed by atoms with E-state index >= 15 is 0 Å². The maximum Gasteiger partial charge on any atom is 0.254 e. The summed E-state index contributed by atoms with van der Waals surface area (Å²) >= 11 is 0. The molecular formula is C11H17N3O2. The van der Waals surface area contributed by atoms with Crippen molar-refractivity contribution in [1.29, 1.82) is 0 Å². The first-order valence-electron chi connectivity index (χ1n) is 5.04. The van der Waals surface area contributed by atoms with Gasteiger partial charge in [0.25, 0.3) is 5.91 Å². The largest absolute Gasteiger partial charge is 0.384 e. The normalized spacial score (nSPS) is 12.2. The van der Waals surface area contributed by atoms with Gasteiger partial charge in [-0.2, -0.15) is 0 Å². The third-order valence-corrected chi connectivity index (χ3v) is 2.42. The van der Waals surface area contributed by atoms with E-state index in [9.17, 15) is 4.79 Å². The van der Waals surface area contributed by atoms with Gasteiger partial charge in [0.1, 0.15) is 5.82 Å². The average Bonchev–Trinajstić information content (AvgIpc) is 2.27. The highest BCUT2D eigenvalue weighted by Crippen LogP contribution is 2.08. The molecular weight excluding hydrogens is 206 g/mol. The Hall–Kier alpha value is -1.62. The topological polar surface area (TPSA) is 68.5 Å². The number of methoxy groups -OCH3 is 1. The van der Waals surface area contributed by atoms with E-state index in [0.717, 1.165) is 0 Å². The van der Waals surface area contributed by atoms with Gasteiger partial charge >= 0.3 is 0 Å². The smallest absolute Gasteiger partial charge is 0.254 e. The summed E-state index contributed by atoms with van der Waals surface area (Å²) in [6.07, 6.45) is 1.53. The molecule has 1 rings (SSSR count). The zero-order chi connectivity index (χ0) is 12.1. The van der Waals surface area contributed by atoms with Crippen molar-refractivity contribution in [3.05, 3.63) is 23.9 Å². The number of carbonyl (C=O) groups is 1. The van der Waals surface area contributed by atoms with E-state index in [1.54, 1.807) is 31.2 Å². The molecule has 1 aromatic rings. The van der Waals surface area contributed by atoms with Crippen molar-refractivity contribution >= 4 is 11.7 Å². The van der Waals surface area contributed by atoms with Crippen LogP contribution in [0.3, 0.4) is 0 Å². The standard InChI is InChI=1S/C11H17N3O2/c1-8(7-16-3)14(2)11(15)9-4-5-13-10(12)6-9/h4-6,8H,7H2,1-3H3,(H2,12,13). The molecule has 5 nitrogen and oxygen atoms in total. The number of hydrogen-bond donors (Lipinski definition) is 1. The first kappa shape index (κ1) is 12.4. The molecule has 88 valence electrons. The number of anilines is 1. The number of pyridine rings is 1. The Kier molecular flexibility index (Phi) is 4.25. The number of rotatable bonds is 4. The number of likely N-dealkylation sites (N-methyl/N-ethyl adjacent to an activating group) is 1. The van der Waals surface area contributed by atoms with Crippen LogP contribution in [-0.4, -0.2) is 42.6 Å². The number of hydrogen-bond acceptors (Lipinski definition) is 4. The molecule has 5 heteroatoms. The molecule has 0 aliphatic rings. The van der Waals surface area contributed by atoms with E-state index in [4.69, 9.17) is 10.5 Å². The third-order valence-electron chi connectivity index (χ3n) is 2.42. The molecule has 0 bridgehead atoms. The molecule has 0 saturated carbocycles. The fourth-order valence-electron chi connectivity index (χ4n) is 1.34. The highest BCUT2D eigenvalue weighted by atomic mass is 16.5. The molecule has 16 heavy (non-hydrogen) atoms. The maximum atomic E-state index is 12.0. The van der Waals surface area contributed by atoms with Gasteiger partial charge in [0, 0.05) is 25.9 Å². The lowest BCUT2D eigenvalue weighted by atomic mass is 10.2. The summed E-state index contributed by atoms with van der Waals surface area (Å²) in [5.41, 5.74) is 6.06. The monoisotopic (exact) mass is 223 g/mol. The molecule has 0 radical (unpaired) electrons. The van der Waals surface area contributed by atoms with Crippen molar-refractivity contribution in [3.8, 4) is 0 Å². The van der Waals surface area contributed by atoms with Gasteiger partial charge in [-0.3, -0.25) is 4.79 Å². The molecule has 1 amide bonds. The Morgan fingerprint density at radius 3 is 2.94 bits per heavy atom. The summed E-state index contributed by atoms with van der Waals surface area (Å²) in [4.78, 5) is 17.5. The molecule has 0 aliphatic carbocycles. The molecule has 1 heterocycles. The van der Waals surface area contributed by atoms with Gasteiger partial charge < -0.3 is 15.4 Å². The van der Waals surface area contributed by atoms with E-state index in [2.05, 4.69) is 4.98 Å². The maximum absolute atomic E-state index is 12.0. The molecule has 0 saturated heterocycles. The fourth-order valence-corrected chi connectivity index (χ4v) is 1.34. The van der Waals surface area contributed by atoms with E-state index in [1.165, 1.54) is 6.20 Å². The zero-order valence-corrected chi connectivity index (χ0v) is 9.80. The minimum absolute atomic E-state index is 0.0203. The summed E-state index contributed by atoms with van der Waals surface area (Å²) in [5, 5.41) is 0. The summed E-state index contributed by atoms with van der Waals surface area (Å²) < 4.78 is 5.00. The summed E-state index contributed by atoms with van der Waals surface area (Å²) in [6.45, 7) is 2.43. The molecule has 1 unspecified atom stereocenters. The molecule has 0 fully saturated rings. The van der Waals surface area contributed by atoms with Gasteiger partial charge in [-0.15, -0.1) is 0 Å². The minimum atomic E-state index is -0.0846. The SMILES string of the molecule is COCC(C)N(C)C(=O)c1ccnc(N)c1. The first-order valence-corrected chi connectivity index (χ1v) is 5.04. The van der Waals surface area contributed by atoms with Crippen molar-refractivity contribution in [2.45, 2.75) is 13.0 Å². The fraction of sp³-hybridized carbons (Fsp3) is 0.455. The van der Waals surface area contributed by atoms with Crippen LogP contribution in [0.2, 0.25) is 0 Å². The second-order valence-electron chi connectivity index (χ2n) is 3.69. The van der Waals surface area contributed by atoms with Gasteiger partial charge in [0.2, 0.25) is 0 Å². The average molecular weight is 223 g/mol. The summed E-state index contributed by atoms with van der Waals surface area (Å²) in [7, 11) is 3.35. The van der Waals surface area contributed by atoms with E-state index < -0.39 is 0 Å². The van der Waals surface area contributed by atoms with Crippen LogP contribution in [0.4, 0.5) is 5.82 Å². The van der Waals surface area contributed by atoms with Gasteiger partial charge in [-0.25, -0.2) is 4.98 Å². The Morgan fingerprint density at radius 2 is 2.38 bits per heavy atom. The number of amides is 1. The van der Waals surface area contributed by atoms with Crippen LogP contribution in [-0.2, 0) is 4.74 Å². The Balaban J connectivity index is 2.77. The number of ether oxygens (including phenoxy) is 1. The van der Waals surface area contributed by atoms with Gasteiger partial charge in [-0.05, 0) is 19.1 Å². The molecule has 0 aliphatic heterocycles. The van der Waals surface area contributed by atoms with Crippen molar-refractivity contribution in [2.75, 3.05) is 26.5 Å². The third kappa shape index (κ3) is 2.93. The van der Waals surface area contributed by atoms with Crippen LogP contribution < -0.4 is 5.73 Å². The van der Waals surface area contributed by atoms with Crippen LogP contribution in [0.15, 0.2) is 18.3 Å². The van der Waals surface area contributed by atoms with E-state index in [-0.39, 0.29) is 11.9 Å². The highest BCUT2D eigenvalue weighted by Gasteiger charge is 2.17. The lowest BCUT2D eigenvalue weighted by molar-refractivity contribution is 0.0633. The number of nitrogen functional groups attached to an aromatic ring is 1. The Bertz CT molecular complexity index is 368. The van der Waals surface area contributed by atoms with Crippen LogP contribution in [0.1, 0.15) is 17.3 Å². The first-order chi connectivity index (χ1) is 7.56. The molecule has 0 aromatic carbocycles. The van der Waals surface area contributed by atoms with Gasteiger partial charge in [-0.1, -0.05) is 0 Å². The summed E-state index contributed by atoms with van der Waals surface area (Å²) in [5.74, 6) is 0.261. The van der Waals surface area contributed by atoms with Crippen LogP contribution >= 0.6 is 0 Å². The van der Waals surface area contributed by atoms with E-state index in [0.29, 0.717) is 18.0 Å². The second kappa shape index (κ2) is 5.46. The molecule has 1 aromatic heterocycles. The van der Waals surface area contributed by atoms with Crippen LogP contribution in [0, 0.1) is 0 Å². The van der Waals surface area contributed by atoms with Crippen molar-refractivity contribution in [3.63, 3.8) is 0 Å². The lowest BCUT2D eigenvalue weighted by Crippen LogP contribution is -2.37. The zero-order valence-electron chi connectivity index (χ0n) is 9.80. The Labute approximate surface area is 95.2 Å². The van der Waals surface area contributed by atoms with Crippen molar-refractivity contribution in [1.82, 2.24) is 9.88 Å². The predicted molar refractivity (Wildman–Crippen MR) is 62.1 cm³/mol. The number of aromatic nitrogens is 1. The van der Waals surface area contributed by atoms with Gasteiger partial charge in [0.15, 0.2) is 0 Å². The number of nitrogens with two attached hydrogens (primary N) is 1. The van der Waals surface area contributed by atoms with Crippen molar-refractivity contribution < 1.29 is 9.53 Å². The highest BCUT2D eigenvalue weighted by molar-refractivity contribution is 5.94. The Morgan fingerprint density at radius 1 is 1.69 bits per heavy atom. The van der Waals surface area contributed by atoms with E-state index in [1.807, 2.05) is 6.92 Å². The van der Waals surface area contributed by atoms with Gasteiger partial charge in [0.05, 0.1) is 12.6 Å². The summed E-state index contributed by atoms with van der Waals surface area (Å²) in [6, 6.07) is 3.24. The van der Waals surface area contributed by atoms with Crippen molar-refractivity contribution in [2.24, 2.45) is 0 Å². The molecule has 0 spiro atoms.